The molecule has 0 heterocycles. The van der Waals surface area contributed by atoms with Gasteiger partial charge in [-0.25, -0.2) is 0 Å². The number of phenolic OH excluding ortho intramolecular Hbond substituents is 1. The van der Waals surface area contributed by atoms with Crippen LogP contribution in [0.1, 0.15) is 21.5 Å². The van der Waals surface area contributed by atoms with Crippen molar-refractivity contribution in [1.29, 1.82) is 0 Å². The number of ketones is 1. The molecule has 0 saturated heterocycles. The molecule has 0 atom stereocenters. The third kappa shape index (κ3) is 4.70. The first-order chi connectivity index (χ1) is 14.5. The summed E-state index contributed by atoms with van der Waals surface area (Å²) in [6.45, 7) is 1.91. The standard InChI is InChI=1S/C25H24O5/c1-17-9-12-21(23(27)15-17)22(26)14-11-19-10-13-20(18-7-5-4-6-8-18)25(24(19)29-3)30-16-28-2/h4-15,27H,16H2,1-3H3/b14-11+. The molecule has 0 saturated carbocycles. The maximum atomic E-state index is 12.6. The van der Waals surface area contributed by atoms with Crippen LogP contribution in [0, 0.1) is 6.92 Å². The van der Waals surface area contributed by atoms with Gasteiger partial charge in [0.05, 0.1) is 12.7 Å². The second-order valence-electron chi connectivity index (χ2n) is 6.70. The van der Waals surface area contributed by atoms with E-state index in [0.29, 0.717) is 17.1 Å². The summed E-state index contributed by atoms with van der Waals surface area (Å²) in [6.07, 6.45) is 3.05. The van der Waals surface area contributed by atoms with Crippen molar-refractivity contribution >= 4 is 11.9 Å². The maximum Gasteiger partial charge on any atom is 0.189 e. The van der Waals surface area contributed by atoms with E-state index in [1.54, 1.807) is 38.5 Å². The Morgan fingerprint density at radius 2 is 1.77 bits per heavy atom. The second-order valence-corrected chi connectivity index (χ2v) is 6.70. The second kappa shape index (κ2) is 9.76. The molecule has 1 N–H and O–H groups in total. The van der Waals surface area contributed by atoms with Gasteiger partial charge in [0.15, 0.2) is 24.1 Å². The van der Waals surface area contributed by atoms with Crippen LogP contribution in [0.15, 0.2) is 66.7 Å². The lowest BCUT2D eigenvalue weighted by Gasteiger charge is -2.17. The first-order valence-electron chi connectivity index (χ1n) is 9.45. The Labute approximate surface area is 176 Å². The Hall–Kier alpha value is -3.57. The van der Waals surface area contributed by atoms with Gasteiger partial charge in [0.25, 0.3) is 0 Å². The van der Waals surface area contributed by atoms with Gasteiger partial charge in [-0.15, -0.1) is 0 Å². The van der Waals surface area contributed by atoms with Crippen LogP contribution in [-0.4, -0.2) is 31.9 Å². The van der Waals surface area contributed by atoms with E-state index in [0.717, 1.165) is 16.7 Å². The minimum atomic E-state index is -0.305. The van der Waals surface area contributed by atoms with Crippen molar-refractivity contribution in [3.05, 3.63) is 83.4 Å². The lowest BCUT2D eigenvalue weighted by molar-refractivity contribution is 0.0496. The van der Waals surface area contributed by atoms with Crippen molar-refractivity contribution in [3.63, 3.8) is 0 Å². The van der Waals surface area contributed by atoms with Gasteiger partial charge in [0.2, 0.25) is 0 Å². The Kier molecular flexibility index (Phi) is 6.88. The highest BCUT2D eigenvalue weighted by Gasteiger charge is 2.17. The van der Waals surface area contributed by atoms with Crippen molar-refractivity contribution in [1.82, 2.24) is 0 Å². The van der Waals surface area contributed by atoms with Gasteiger partial charge in [-0.1, -0.05) is 42.5 Å². The number of benzene rings is 3. The molecule has 0 fully saturated rings. The van der Waals surface area contributed by atoms with Gasteiger partial charge in [-0.2, -0.15) is 0 Å². The number of hydrogen-bond donors (Lipinski definition) is 1. The SMILES string of the molecule is COCOc1c(-c2ccccc2)ccc(/C=C/C(=O)c2ccc(C)cc2O)c1OC. The molecule has 0 bridgehead atoms. The fraction of sp³-hybridized carbons (Fsp3) is 0.160. The molecule has 0 spiro atoms. The number of aromatic hydroxyl groups is 1. The van der Waals surface area contributed by atoms with E-state index in [4.69, 9.17) is 14.2 Å². The Morgan fingerprint density at radius 3 is 2.43 bits per heavy atom. The molecule has 3 aromatic carbocycles. The molecular formula is C25H24O5. The Bertz CT molecular complexity index is 1050. The van der Waals surface area contributed by atoms with Crippen LogP contribution in [0.25, 0.3) is 17.2 Å². The van der Waals surface area contributed by atoms with Gasteiger partial charge in [-0.3, -0.25) is 4.79 Å². The summed E-state index contributed by atoms with van der Waals surface area (Å²) in [6, 6.07) is 18.5. The molecule has 0 unspecified atom stereocenters. The topological polar surface area (TPSA) is 65.0 Å². The van der Waals surface area contributed by atoms with Crippen molar-refractivity contribution in [2.75, 3.05) is 21.0 Å². The average molecular weight is 404 g/mol. The summed E-state index contributed by atoms with van der Waals surface area (Å²) in [5, 5.41) is 10.1. The largest absolute Gasteiger partial charge is 0.507 e. The predicted octanol–water partition coefficient (Wildman–Crippen LogP) is 5.26. The maximum absolute atomic E-state index is 12.6. The summed E-state index contributed by atoms with van der Waals surface area (Å²) in [5.41, 5.74) is 3.61. The molecule has 5 nitrogen and oxygen atoms in total. The van der Waals surface area contributed by atoms with Crippen LogP contribution in [-0.2, 0) is 4.74 Å². The minimum absolute atomic E-state index is 0.0415. The number of carbonyl (C=O) groups excluding carboxylic acids is 1. The summed E-state index contributed by atoms with van der Waals surface area (Å²) in [4.78, 5) is 12.6. The molecule has 0 radical (unpaired) electrons. The molecule has 0 aliphatic rings. The third-order valence-electron chi connectivity index (χ3n) is 4.59. The van der Waals surface area contributed by atoms with E-state index >= 15 is 0 Å². The number of rotatable bonds is 8. The first kappa shape index (κ1) is 21.1. The lowest BCUT2D eigenvalue weighted by atomic mass is 10.0. The van der Waals surface area contributed by atoms with Crippen LogP contribution in [0.2, 0.25) is 0 Å². The van der Waals surface area contributed by atoms with Gasteiger partial charge in [0.1, 0.15) is 5.75 Å². The number of carbonyl (C=O) groups is 1. The van der Waals surface area contributed by atoms with Crippen LogP contribution in [0.3, 0.4) is 0 Å². The van der Waals surface area contributed by atoms with E-state index in [1.165, 1.54) is 6.08 Å². The number of aryl methyl sites for hydroxylation is 1. The summed E-state index contributed by atoms with van der Waals surface area (Å²) < 4.78 is 16.5. The lowest BCUT2D eigenvalue weighted by Crippen LogP contribution is -2.03. The summed E-state index contributed by atoms with van der Waals surface area (Å²) in [5.74, 6) is 0.671. The highest BCUT2D eigenvalue weighted by molar-refractivity contribution is 6.08. The molecule has 154 valence electrons. The molecule has 3 aromatic rings. The molecule has 30 heavy (non-hydrogen) atoms. The fourth-order valence-corrected chi connectivity index (χ4v) is 3.13. The van der Waals surface area contributed by atoms with E-state index < -0.39 is 0 Å². The molecule has 3 rings (SSSR count). The van der Waals surface area contributed by atoms with E-state index in [9.17, 15) is 9.90 Å². The zero-order valence-corrected chi connectivity index (χ0v) is 17.2. The number of hydrogen-bond acceptors (Lipinski definition) is 5. The number of phenols is 1. The smallest absolute Gasteiger partial charge is 0.189 e. The number of ether oxygens (including phenoxy) is 3. The molecule has 0 aromatic heterocycles. The monoisotopic (exact) mass is 404 g/mol. The minimum Gasteiger partial charge on any atom is -0.507 e. The van der Waals surface area contributed by atoms with Gasteiger partial charge < -0.3 is 19.3 Å². The zero-order chi connectivity index (χ0) is 21.5. The Morgan fingerprint density at radius 1 is 1.00 bits per heavy atom. The molecule has 5 heteroatoms. The fourth-order valence-electron chi connectivity index (χ4n) is 3.13. The van der Waals surface area contributed by atoms with Gasteiger partial charge in [-0.05, 0) is 48.4 Å². The summed E-state index contributed by atoms with van der Waals surface area (Å²) in [7, 11) is 3.10. The van der Waals surface area contributed by atoms with Crippen molar-refractivity contribution < 1.29 is 24.1 Å². The number of allylic oxidation sites excluding steroid dienone is 1. The van der Waals surface area contributed by atoms with E-state index in [-0.39, 0.29) is 23.9 Å². The van der Waals surface area contributed by atoms with Crippen LogP contribution < -0.4 is 9.47 Å². The highest BCUT2D eigenvalue weighted by atomic mass is 16.7. The van der Waals surface area contributed by atoms with Crippen LogP contribution in [0.5, 0.6) is 17.2 Å². The molecule has 0 amide bonds. The van der Waals surface area contributed by atoms with E-state index in [1.807, 2.05) is 49.4 Å². The Balaban J connectivity index is 2.00. The van der Waals surface area contributed by atoms with Gasteiger partial charge >= 0.3 is 0 Å². The molecular weight excluding hydrogens is 380 g/mol. The highest BCUT2D eigenvalue weighted by Crippen LogP contribution is 2.41. The van der Waals surface area contributed by atoms with Crippen molar-refractivity contribution in [2.24, 2.45) is 0 Å². The van der Waals surface area contributed by atoms with Gasteiger partial charge in [0, 0.05) is 18.2 Å². The number of methoxy groups -OCH3 is 2. The quantitative estimate of drug-likeness (QED) is 0.315. The third-order valence-corrected chi connectivity index (χ3v) is 4.59. The molecule has 0 aliphatic heterocycles. The first-order valence-corrected chi connectivity index (χ1v) is 9.45. The zero-order valence-electron chi connectivity index (χ0n) is 17.2. The van der Waals surface area contributed by atoms with E-state index in [2.05, 4.69) is 0 Å². The van der Waals surface area contributed by atoms with Crippen molar-refractivity contribution in [2.45, 2.75) is 6.92 Å². The van der Waals surface area contributed by atoms with Crippen LogP contribution in [0.4, 0.5) is 0 Å². The molecule has 0 aliphatic carbocycles. The normalized spacial score (nSPS) is 10.9. The van der Waals surface area contributed by atoms with Crippen molar-refractivity contribution in [3.8, 4) is 28.4 Å². The van der Waals surface area contributed by atoms with Crippen LogP contribution >= 0.6 is 0 Å². The summed E-state index contributed by atoms with van der Waals surface area (Å²) >= 11 is 0. The predicted molar refractivity (Wildman–Crippen MR) is 117 cm³/mol. The average Bonchev–Trinajstić information content (AvgIpc) is 2.76.